The Morgan fingerprint density at radius 3 is 2.86 bits per heavy atom. The van der Waals surface area contributed by atoms with Crippen LogP contribution >= 0.6 is 0 Å². The number of H-pyrrole nitrogens is 1. The minimum atomic E-state index is -0.556. The van der Waals surface area contributed by atoms with Gasteiger partial charge in [-0.3, -0.25) is 14.9 Å². The summed E-state index contributed by atoms with van der Waals surface area (Å²) in [5, 5.41) is 17.7. The van der Waals surface area contributed by atoms with Crippen LogP contribution in [0.2, 0.25) is 0 Å². The van der Waals surface area contributed by atoms with E-state index in [-0.39, 0.29) is 11.8 Å². The molecule has 0 spiro atoms. The van der Waals surface area contributed by atoms with E-state index >= 15 is 0 Å². The zero-order chi connectivity index (χ0) is 25.4. The van der Waals surface area contributed by atoms with Crippen LogP contribution in [-0.2, 0) is 5.54 Å². The lowest BCUT2D eigenvalue weighted by atomic mass is 9.84. The number of amides is 2. The molecule has 6 rings (SSSR count). The van der Waals surface area contributed by atoms with Crippen LogP contribution in [0.15, 0.2) is 49.3 Å². The molecule has 0 unspecified atom stereocenters. The second kappa shape index (κ2) is 9.25. The maximum Gasteiger partial charge on any atom is 0.323 e. The van der Waals surface area contributed by atoms with E-state index in [0.717, 1.165) is 35.1 Å². The van der Waals surface area contributed by atoms with Gasteiger partial charge in [0.15, 0.2) is 11.6 Å². The van der Waals surface area contributed by atoms with Gasteiger partial charge in [-0.2, -0.15) is 10.4 Å². The van der Waals surface area contributed by atoms with E-state index in [1.165, 1.54) is 24.7 Å². The lowest BCUT2D eigenvalue weighted by molar-refractivity contribution is -0.0399. The molecule has 11 nitrogen and oxygen atoms in total. The van der Waals surface area contributed by atoms with Gasteiger partial charge in [0.1, 0.15) is 17.5 Å². The lowest BCUT2D eigenvalue weighted by Gasteiger charge is -2.53. The molecule has 0 bridgehead atoms. The number of carbonyl (C=O) groups is 1. The second-order valence-corrected chi connectivity index (χ2v) is 9.58. The second-order valence-electron chi connectivity index (χ2n) is 9.58. The molecule has 6 heterocycles. The average molecular weight is 501 g/mol. The first-order valence-electron chi connectivity index (χ1n) is 12.2. The first-order chi connectivity index (χ1) is 18.1. The molecular formula is C25H25FN10O. The number of likely N-dealkylation sites (tertiary alicyclic amines) is 2. The number of anilines is 1. The number of halogens is 1. The molecule has 188 valence electrons. The number of piperidine rings is 1. The van der Waals surface area contributed by atoms with Crippen molar-refractivity contribution in [3.8, 4) is 17.3 Å². The highest BCUT2D eigenvalue weighted by molar-refractivity contribution is 5.90. The molecule has 2 amide bonds. The molecule has 2 saturated heterocycles. The minimum Gasteiger partial charge on any atom is -0.346 e. The Morgan fingerprint density at radius 1 is 1.24 bits per heavy atom. The van der Waals surface area contributed by atoms with Crippen molar-refractivity contribution in [1.82, 2.24) is 39.5 Å². The molecule has 37 heavy (non-hydrogen) atoms. The number of pyridine rings is 1. The molecule has 2 aliphatic heterocycles. The van der Waals surface area contributed by atoms with Crippen LogP contribution < -0.4 is 5.32 Å². The predicted octanol–water partition coefficient (Wildman–Crippen LogP) is 2.98. The summed E-state index contributed by atoms with van der Waals surface area (Å²) in [6.45, 7) is 2.56. The van der Waals surface area contributed by atoms with E-state index in [1.807, 2.05) is 23.1 Å². The fraction of sp³-hybridized carbons (Fsp3) is 0.360. The summed E-state index contributed by atoms with van der Waals surface area (Å²) in [5.41, 5.74) is 2.05. The number of aromatic nitrogens is 6. The summed E-state index contributed by atoms with van der Waals surface area (Å²) in [6.07, 6.45) is 10.5. The Kier molecular flexibility index (Phi) is 5.77. The van der Waals surface area contributed by atoms with Gasteiger partial charge in [0.25, 0.3) is 0 Å². The monoisotopic (exact) mass is 500 g/mol. The quantitative estimate of drug-likeness (QED) is 0.431. The third kappa shape index (κ3) is 4.17. The number of nitrogens with zero attached hydrogens (tertiary/aromatic N) is 8. The number of aromatic amines is 1. The Balaban J connectivity index is 1.10. The summed E-state index contributed by atoms with van der Waals surface area (Å²) in [5.74, 6) is -0.615. The van der Waals surface area contributed by atoms with Crippen molar-refractivity contribution in [2.24, 2.45) is 0 Å². The van der Waals surface area contributed by atoms with Crippen molar-refractivity contribution in [3.63, 3.8) is 0 Å². The summed E-state index contributed by atoms with van der Waals surface area (Å²) < 4.78 is 15.7. The Labute approximate surface area is 211 Å². The average Bonchev–Trinajstić information content (AvgIpc) is 3.58. The molecule has 0 radical (unpaired) electrons. The van der Waals surface area contributed by atoms with Gasteiger partial charge in [-0.25, -0.2) is 24.1 Å². The highest BCUT2D eigenvalue weighted by Crippen LogP contribution is 2.37. The largest absolute Gasteiger partial charge is 0.346 e. The minimum absolute atomic E-state index is 0.0588. The van der Waals surface area contributed by atoms with Crippen molar-refractivity contribution >= 4 is 22.9 Å². The molecule has 2 fully saturated rings. The Bertz CT molecular complexity index is 1480. The molecule has 12 heteroatoms. The third-order valence-electron chi connectivity index (χ3n) is 7.35. The Hall–Kier alpha value is -4.37. The van der Waals surface area contributed by atoms with Crippen molar-refractivity contribution in [3.05, 3.63) is 55.1 Å². The molecule has 0 atom stereocenters. The highest BCUT2D eigenvalue weighted by atomic mass is 19.1. The number of rotatable bonds is 5. The number of hydrogen-bond donors (Lipinski definition) is 2. The smallest absolute Gasteiger partial charge is 0.323 e. The Morgan fingerprint density at radius 2 is 2.08 bits per heavy atom. The number of nitriles is 1. The summed E-state index contributed by atoms with van der Waals surface area (Å²) >= 11 is 0. The molecule has 0 aromatic carbocycles. The third-order valence-corrected chi connectivity index (χ3v) is 7.35. The van der Waals surface area contributed by atoms with Gasteiger partial charge in [0, 0.05) is 61.8 Å². The summed E-state index contributed by atoms with van der Waals surface area (Å²) in [6, 6.07) is 6.99. The van der Waals surface area contributed by atoms with Crippen LogP contribution in [0.3, 0.4) is 0 Å². The van der Waals surface area contributed by atoms with E-state index in [2.05, 4.69) is 41.3 Å². The summed E-state index contributed by atoms with van der Waals surface area (Å²) in [4.78, 5) is 32.3. The molecule has 2 N–H and O–H groups in total. The SMILES string of the molecule is N#CCC1(n2cc(-c3ncnc4[nH]ccc34)cn2)CN(C2CCN(C(=O)Nc3ncccc3F)CC2)C1. The van der Waals surface area contributed by atoms with Crippen molar-refractivity contribution < 1.29 is 9.18 Å². The number of fused-ring (bicyclic) bond motifs is 1. The van der Waals surface area contributed by atoms with Crippen LogP contribution in [0.25, 0.3) is 22.3 Å². The molecule has 2 aliphatic rings. The van der Waals surface area contributed by atoms with E-state index < -0.39 is 11.4 Å². The number of hydrogen-bond acceptors (Lipinski definition) is 7. The fourth-order valence-corrected chi connectivity index (χ4v) is 5.35. The van der Waals surface area contributed by atoms with E-state index in [1.54, 1.807) is 11.1 Å². The molecular weight excluding hydrogens is 475 g/mol. The van der Waals surface area contributed by atoms with Gasteiger partial charge < -0.3 is 9.88 Å². The van der Waals surface area contributed by atoms with Gasteiger partial charge in [0.05, 0.1) is 24.4 Å². The first kappa shape index (κ1) is 23.1. The molecule has 0 saturated carbocycles. The normalized spacial score (nSPS) is 17.9. The zero-order valence-corrected chi connectivity index (χ0v) is 20.0. The van der Waals surface area contributed by atoms with Gasteiger partial charge >= 0.3 is 6.03 Å². The number of nitrogens with one attached hydrogen (secondary N) is 2. The first-order valence-corrected chi connectivity index (χ1v) is 12.2. The van der Waals surface area contributed by atoms with E-state index in [9.17, 15) is 14.4 Å². The lowest BCUT2D eigenvalue weighted by Crippen LogP contribution is -2.66. The number of urea groups is 1. The van der Waals surface area contributed by atoms with E-state index in [0.29, 0.717) is 38.6 Å². The van der Waals surface area contributed by atoms with Gasteiger partial charge in [-0.1, -0.05) is 0 Å². The maximum absolute atomic E-state index is 13.8. The molecule has 4 aromatic heterocycles. The van der Waals surface area contributed by atoms with Crippen LogP contribution in [-0.4, -0.2) is 77.8 Å². The van der Waals surface area contributed by atoms with Crippen LogP contribution in [0, 0.1) is 17.1 Å². The van der Waals surface area contributed by atoms with Gasteiger partial charge in [-0.15, -0.1) is 0 Å². The van der Waals surface area contributed by atoms with Crippen LogP contribution in [0.5, 0.6) is 0 Å². The van der Waals surface area contributed by atoms with Gasteiger partial charge in [-0.05, 0) is 31.0 Å². The number of carbonyl (C=O) groups excluding carboxylic acids is 1. The van der Waals surface area contributed by atoms with Crippen molar-refractivity contribution in [2.45, 2.75) is 30.8 Å². The molecule has 0 aliphatic carbocycles. The van der Waals surface area contributed by atoms with Crippen molar-refractivity contribution in [1.29, 1.82) is 5.26 Å². The maximum atomic E-state index is 13.8. The topological polar surface area (TPSA) is 132 Å². The van der Waals surface area contributed by atoms with Crippen LogP contribution in [0.1, 0.15) is 19.3 Å². The van der Waals surface area contributed by atoms with Crippen LogP contribution in [0.4, 0.5) is 15.0 Å². The fourth-order valence-electron chi connectivity index (χ4n) is 5.35. The predicted molar refractivity (Wildman–Crippen MR) is 133 cm³/mol. The zero-order valence-electron chi connectivity index (χ0n) is 20.0. The standard InChI is InChI=1S/C25H25FN10O/c26-20-2-1-8-28-23(20)33-24(37)34-10-4-18(5-11-34)35-14-25(15-35,6-7-27)36-13-17(12-32-36)21-19-3-9-29-22(19)31-16-30-21/h1-3,8-9,12-13,16,18H,4-6,10-11,14-15H2,(H,28,33,37)(H,29,30,31). The molecule has 4 aromatic rings. The van der Waals surface area contributed by atoms with E-state index in [4.69, 9.17) is 0 Å². The van der Waals surface area contributed by atoms with Gasteiger partial charge in [0.2, 0.25) is 0 Å². The summed E-state index contributed by atoms with van der Waals surface area (Å²) in [7, 11) is 0. The highest BCUT2D eigenvalue weighted by Gasteiger charge is 2.48. The van der Waals surface area contributed by atoms with Crippen molar-refractivity contribution in [2.75, 3.05) is 31.5 Å².